The van der Waals surface area contributed by atoms with Crippen molar-refractivity contribution in [1.29, 1.82) is 0 Å². The third-order valence-electron chi connectivity index (χ3n) is 18.2. The Bertz CT molecular complexity index is 2850. The molecule has 5 saturated heterocycles. The predicted octanol–water partition coefficient (Wildman–Crippen LogP) is 5.70. The van der Waals surface area contributed by atoms with Crippen molar-refractivity contribution >= 4 is 65.2 Å². The maximum Gasteiger partial charge on any atom is 0.245 e. The average Bonchev–Trinajstić information content (AvgIpc) is 1.47. The van der Waals surface area contributed by atoms with Crippen LogP contribution in [0.25, 0.3) is 0 Å². The first-order valence-electron chi connectivity index (χ1n) is 31.2. The lowest BCUT2D eigenvalue weighted by atomic mass is 9.82. The van der Waals surface area contributed by atoms with E-state index in [4.69, 9.17) is 4.74 Å². The number of allylic oxidation sites excluding steroid dienone is 1. The minimum atomic E-state index is -0.577. The number of Topliss-reactive ketones (excluding diaryl/α,β-unsaturated/α-hetero) is 1. The number of amides is 4. The van der Waals surface area contributed by atoms with Gasteiger partial charge in [0.15, 0.2) is 0 Å². The molecule has 6 fully saturated rings. The Balaban J connectivity index is 0.638. The third-order valence-corrected chi connectivity index (χ3v) is 19.2. The molecule has 6 aliphatic rings. The van der Waals surface area contributed by atoms with Gasteiger partial charge in [0.25, 0.3) is 0 Å². The van der Waals surface area contributed by atoms with E-state index in [1.807, 2.05) is 11.0 Å². The number of hydrogen-bond donors (Lipinski definition) is 5. The number of aliphatic imine (C=N–C) groups is 1. The molecule has 3 aromatic rings. The molecule has 1 aromatic heterocycles. The van der Waals surface area contributed by atoms with Crippen molar-refractivity contribution in [2.24, 2.45) is 16.3 Å². The smallest absolute Gasteiger partial charge is 0.245 e. The van der Waals surface area contributed by atoms with Crippen LogP contribution in [0.4, 0.5) is 26.1 Å². The number of piperidine rings is 2. The zero-order valence-electron chi connectivity index (χ0n) is 50.7. The van der Waals surface area contributed by atoms with E-state index in [-0.39, 0.29) is 77.9 Å². The van der Waals surface area contributed by atoms with E-state index in [9.17, 15) is 24.0 Å². The van der Waals surface area contributed by atoms with E-state index in [1.165, 1.54) is 23.9 Å². The molecule has 4 amide bonds. The van der Waals surface area contributed by atoms with Gasteiger partial charge in [-0.2, -0.15) is 0 Å². The normalized spacial score (nSPS) is 21.0. The van der Waals surface area contributed by atoms with Gasteiger partial charge in [0, 0.05) is 125 Å². The van der Waals surface area contributed by atoms with Gasteiger partial charge < -0.3 is 50.9 Å². The number of anilines is 3. The number of ether oxygens (including phenoxy) is 1. The molecule has 0 bridgehead atoms. The van der Waals surface area contributed by atoms with Gasteiger partial charge in [-0.1, -0.05) is 45.2 Å². The molecule has 2 atom stereocenters. The first kappa shape index (κ1) is 64.2. The molecule has 2 unspecified atom stereocenters. The second kappa shape index (κ2) is 30.6. The molecule has 1 spiro atoms. The zero-order valence-corrected chi connectivity index (χ0v) is 51.5. The van der Waals surface area contributed by atoms with Crippen LogP contribution in [0.5, 0.6) is 5.75 Å². The Kier molecular flexibility index (Phi) is 22.8. The minimum absolute atomic E-state index is 0.0148. The lowest BCUT2D eigenvalue weighted by Crippen LogP contribution is -2.66. The van der Waals surface area contributed by atoms with Crippen molar-refractivity contribution in [3.63, 3.8) is 0 Å². The molecule has 5 aliphatic heterocycles. The van der Waals surface area contributed by atoms with Crippen molar-refractivity contribution in [2.75, 3.05) is 139 Å². The van der Waals surface area contributed by atoms with Crippen molar-refractivity contribution in [3.8, 4) is 5.75 Å². The standard InChI is InChI=1S/C63H90F2N14O6S/c1-62(2)16-24-76(25-17-62)39-47-35-51(65)53(36-50(47)64)78-40-58(82)73-63(43-78)18-26-77(27-19-63)55-37-54(70-44-71-55)68-20-28-75-31-29-74(30-32-75)23-15-56(80)69-21-33-85-49-14-8-12-46(34-49)60(83)52(67-4)42-86-41-48-13-9-22-79(48)61(84)59(72-57(81)38-66-3)45-10-6-5-7-11-45/h8,12,14,34-37,42,44-45,48,59,66H,4-7,9-11,13,15-33,38-41,43H2,1-3H3,(H,69,80)(H,72,81)(H,73,82)(H,68,70,71)/b52-42-. The number of nitrogens with zero attached hydrogens (tertiary/aromatic N) is 9. The molecule has 1 saturated carbocycles. The summed E-state index contributed by atoms with van der Waals surface area (Å²) in [7, 11) is 1.72. The Morgan fingerprint density at radius 2 is 1.60 bits per heavy atom. The summed E-state index contributed by atoms with van der Waals surface area (Å²) in [6.45, 7) is 18.8. The van der Waals surface area contributed by atoms with Crippen molar-refractivity contribution in [3.05, 3.63) is 82.7 Å². The molecule has 6 heterocycles. The number of aromatic nitrogens is 2. The van der Waals surface area contributed by atoms with Gasteiger partial charge in [-0.15, -0.1) is 11.8 Å². The number of thioether (sulfide) groups is 1. The van der Waals surface area contributed by atoms with E-state index in [1.54, 1.807) is 47.9 Å². The third kappa shape index (κ3) is 17.7. The molecular weight excluding hydrogens is 1120 g/mol. The van der Waals surface area contributed by atoms with Crippen LogP contribution in [-0.2, 0) is 25.7 Å². The van der Waals surface area contributed by atoms with Crippen molar-refractivity contribution in [2.45, 2.75) is 115 Å². The van der Waals surface area contributed by atoms with Crippen LogP contribution >= 0.6 is 11.8 Å². The van der Waals surface area contributed by atoms with Crippen LogP contribution in [0.2, 0.25) is 0 Å². The van der Waals surface area contributed by atoms with Crippen molar-refractivity contribution < 1.29 is 37.5 Å². The van der Waals surface area contributed by atoms with Gasteiger partial charge >= 0.3 is 0 Å². The molecule has 2 aromatic carbocycles. The average molecular weight is 1210 g/mol. The summed E-state index contributed by atoms with van der Waals surface area (Å²) in [6, 6.07) is 10.9. The lowest BCUT2D eigenvalue weighted by Gasteiger charge is -2.48. The molecule has 20 nitrogen and oxygen atoms in total. The number of rotatable bonds is 26. The Morgan fingerprint density at radius 1 is 0.849 bits per heavy atom. The topological polar surface area (TPSA) is 212 Å². The number of halogens is 2. The van der Waals surface area contributed by atoms with Gasteiger partial charge in [-0.3, -0.25) is 38.8 Å². The molecular formula is C63H90F2N14O6S. The highest BCUT2D eigenvalue weighted by molar-refractivity contribution is 8.02. The molecule has 0 radical (unpaired) electrons. The van der Waals surface area contributed by atoms with Gasteiger partial charge in [-0.25, -0.2) is 18.7 Å². The fourth-order valence-corrected chi connectivity index (χ4v) is 14.0. The van der Waals surface area contributed by atoms with Gasteiger partial charge in [0.05, 0.1) is 30.9 Å². The molecule has 468 valence electrons. The van der Waals surface area contributed by atoms with Crippen LogP contribution in [-0.4, -0.2) is 207 Å². The molecule has 23 heteroatoms. The van der Waals surface area contributed by atoms with E-state index < -0.39 is 23.2 Å². The van der Waals surface area contributed by atoms with Crippen LogP contribution in [0.15, 0.2) is 64.9 Å². The maximum absolute atomic E-state index is 15.7. The number of likely N-dealkylation sites (N-methyl/N-ethyl adjacent to an activating group) is 1. The van der Waals surface area contributed by atoms with E-state index in [0.717, 1.165) is 115 Å². The summed E-state index contributed by atoms with van der Waals surface area (Å²) in [5.74, 6) is 1.03. The Hall–Kier alpha value is -6.27. The van der Waals surface area contributed by atoms with Gasteiger partial charge in [-0.05, 0) is 108 Å². The zero-order chi connectivity index (χ0) is 60.6. The van der Waals surface area contributed by atoms with E-state index in [2.05, 4.69) is 81.7 Å². The number of nitrogens with one attached hydrogen (secondary N) is 5. The van der Waals surface area contributed by atoms with E-state index in [0.29, 0.717) is 94.2 Å². The highest BCUT2D eigenvalue weighted by atomic mass is 32.2. The maximum atomic E-state index is 15.7. The van der Waals surface area contributed by atoms with Crippen molar-refractivity contribution in [1.82, 2.24) is 50.8 Å². The Labute approximate surface area is 510 Å². The van der Waals surface area contributed by atoms with E-state index >= 15 is 8.78 Å². The SMILES string of the molecule is C=N/C(=C\SCC1CCCN1C(=O)C(NC(=O)CNC)C1CCCCC1)C(=O)c1cccc(OCCNC(=O)CCN2CCN(CCNc3cc(N4CCC5(CC4)CN(c4cc(F)c(CN6CCC(C)(C)CC6)cc4F)CC(=O)N5)ncn3)CC2)c1. The number of likely N-dealkylation sites (tertiary alicyclic amines) is 2. The fourth-order valence-electron chi connectivity index (χ4n) is 13.0. The van der Waals surface area contributed by atoms with Crippen LogP contribution in [0, 0.1) is 23.0 Å². The second-order valence-electron chi connectivity index (χ2n) is 25.0. The number of benzene rings is 2. The summed E-state index contributed by atoms with van der Waals surface area (Å²) in [6.07, 6.45) is 12.1. The summed E-state index contributed by atoms with van der Waals surface area (Å²) < 4.78 is 37.2. The largest absolute Gasteiger partial charge is 0.492 e. The first-order chi connectivity index (χ1) is 41.6. The summed E-state index contributed by atoms with van der Waals surface area (Å²) in [5.41, 5.74) is 0.762. The highest BCUT2D eigenvalue weighted by Gasteiger charge is 2.43. The lowest BCUT2D eigenvalue weighted by molar-refractivity contribution is -0.138. The predicted molar refractivity (Wildman–Crippen MR) is 334 cm³/mol. The quantitative estimate of drug-likeness (QED) is 0.0282. The van der Waals surface area contributed by atoms with Gasteiger partial charge in [0.2, 0.25) is 29.4 Å². The minimum Gasteiger partial charge on any atom is -0.492 e. The Morgan fingerprint density at radius 3 is 2.35 bits per heavy atom. The number of piperazine rings is 2. The van der Waals surface area contributed by atoms with Crippen LogP contribution < -0.4 is 41.1 Å². The van der Waals surface area contributed by atoms with Crippen LogP contribution in [0.3, 0.4) is 0 Å². The van der Waals surface area contributed by atoms with Gasteiger partial charge in [0.1, 0.15) is 53.7 Å². The second-order valence-corrected chi connectivity index (χ2v) is 25.9. The fraction of sp³-hybridized carbons (Fsp3) is 0.619. The summed E-state index contributed by atoms with van der Waals surface area (Å²) >= 11 is 1.43. The molecule has 9 rings (SSSR count). The van der Waals surface area contributed by atoms with Crippen LogP contribution in [0.1, 0.15) is 107 Å². The first-order valence-corrected chi connectivity index (χ1v) is 32.2. The molecule has 5 N–H and O–H groups in total. The summed E-state index contributed by atoms with van der Waals surface area (Å²) in [4.78, 5) is 92.0. The number of hydrogen-bond acceptors (Lipinski definition) is 17. The monoisotopic (exact) mass is 1210 g/mol. The summed E-state index contributed by atoms with van der Waals surface area (Å²) in [5, 5.41) is 17.3. The molecule has 86 heavy (non-hydrogen) atoms. The highest BCUT2D eigenvalue weighted by Crippen LogP contribution is 2.36. The number of ketones is 1. The molecule has 1 aliphatic carbocycles. The number of carbonyl (C=O) groups excluding carboxylic acids is 5. The number of carbonyl (C=O) groups is 5.